The monoisotopic (exact) mass is 569 g/mol. The SMILES string of the molecule is Cc1cc(-n2cc3c(n2)CCCC3)ccc1C(CCC(F)(F)F)Nc1ccc(C(=O)N2CCC[C@@H](C(=O)O)C2)cn1. The van der Waals surface area contributed by atoms with Crippen LogP contribution in [0.15, 0.2) is 42.7 Å². The molecule has 2 aromatic heterocycles. The largest absolute Gasteiger partial charge is 0.481 e. The number of alkyl halides is 3. The van der Waals surface area contributed by atoms with Gasteiger partial charge in [-0.3, -0.25) is 9.59 Å². The minimum absolute atomic E-state index is 0.143. The van der Waals surface area contributed by atoms with E-state index in [0.717, 1.165) is 48.2 Å². The number of nitrogens with one attached hydrogen (secondary N) is 1. The Hall–Kier alpha value is -3.89. The fraction of sp³-hybridized carbons (Fsp3) is 0.467. The number of nitrogens with zero attached hydrogens (tertiary/aromatic N) is 4. The van der Waals surface area contributed by atoms with Crippen molar-refractivity contribution in [3.05, 3.63) is 70.7 Å². The van der Waals surface area contributed by atoms with Gasteiger partial charge < -0.3 is 15.3 Å². The average Bonchev–Trinajstić information content (AvgIpc) is 3.39. The molecule has 0 spiro atoms. The molecule has 0 saturated carbocycles. The molecule has 2 N–H and O–H groups in total. The highest BCUT2D eigenvalue weighted by atomic mass is 19.4. The van der Waals surface area contributed by atoms with Crippen LogP contribution < -0.4 is 5.32 Å². The number of carboxylic acids is 1. The summed E-state index contributed by atoms with van der Waals surface area (Å²) in [7, 11) is 0. The van der Waals surface area contributed by atoms with Crippen LogP contribution in [-0.4, -0.2) is 55.9 Å². The minimum Gasteiger partial charge on any atom is -0.481 e. The number of carbonyl (C=O) groups excluding carboxylic acids is 1. The van der Waals surface area contributed by atoms with Crippen LogP contribution in [0.1, 0.15) is 77.3 Å². The lowest BCUT2D eigenvalue weighted by atomic mass is 9.96. The zero-order valence-corrected chi connectivity index (χ0v) is 23.0. The van der Waals surface area contributed by atoms with E-state index in [-0.39, 0.29) is 18.9 Å². The van der Waals surface area contributed by atoms with Crippen LogP contribution in [0.25, 0.3) is 5.69 Å². The summed E-state index contributed by atoms with van der Waals surface area (Å²) in [5, 5.41) is 17.2. The molecular weight excluding hydrogens is 535 g/mol. The van der Waals surface area contributed by atoms with Crippen LogP contribution in [0.2, 0.25) is 0 Å². The third-order valence-corrected chi connectivity index (χ3v) is 7.99. The number of aryl methyl sites for hydroxylation is 3. The molecular formula is C30H34F3N5O3. The van der Waals surface area contributed by atoms with Gasteiger partial charge in [0.2, 0.25) is 0 Å². The van der Waals surface area contributed by atoms with E-state index in [0.29, 0.717) is 30.8 Å². The molecule has 1 aliphatic heterocycles. The maximum Gasteiger partial charge on any atom is 0.389 e. The predicted molar refractivity (Wildman–Crippen MR) is 147 cm³/mol. The van der Waals surface area contributed by atoms with E-state index in [1.165, 1.54) is 16.7 Å². The Morgan fingerprint density at radius 1 is 1.15 bits per heavy atom. The highest BCUT2D eigenvalue weighted by Crippen LogP contribution is 2.32. The van der Waals surface area contributed by atoms with Gasteiger partial charge in [-0.05, 0) is 92.8 Å². The quantitative estimate of drug-likeness (QED) is 0.351. The van der Waals surface area contributed by atoms with Crippen molar-refractivity contribution in [1.82, 2.24) is 19.7 Å². The van der Waals surface area contributed by atoms with Gasteiger partial charge in [0.1, 0.15) is 5.82 Å². The summed E-state index contributed by atoms with van der Waals surface area (Å²) in [6.45, 7) is 2.49. The maximum absolute atomic E-state index is 13.2. The molecule has 2 atom stereocenters. The van der Waals surface area contributed by atoms with Gasteiger partial charge >= 0.3 is 12.1 Å². The van der Waals surface area contributed by atoms with Crippen molar-refractivity contribution in [1.29, 1.82) is 0 Å². The molecule has 3 heterocycles. The molecule has 1 fully saturated rings. The summed E-state index contributed by atoms with van der Waals surface area (Å²) in [5.41, 5.74) is 5.08. The molecule has 218 valence electrons. The number of pyridine rings is 1. The number of amides is 1. The number of halogens is 3. The molecule has 1 saturated heterocycles. The Kier molecular flexibility index (Phi) is 8.32. The Morgan fingerprint density at radius 2 is 1.95 bits per heavy atom. The number of rotatable bonds is 8. The molecule has 41 heavy (non-hydrogen) atoms. The lowest BCUT2D eigenvalue weighted by Crippen LogP contribution is -2.42. The van der Waals surface area contributed by atoms with Crippen molar-refractivity contribution in [3.63, 3.8) is 0 Å². The zero-order chi connectivity index (χ0) is 29.1. The molecule has 1 unspecified atom stereocenters. The molecule has 8 nitrogen and oxygen atoms in total. The fourth-order valence-corrected chi connectivity index (χ4v) is 5.74. The number of likely N-dealkylation sites (tertiary alicyclic amines) is 1. The van der Waals surface area contributed by atoms with Gasteiger partial charge in [-0.25, -0.2) is 9.67 Å². The van der Waals surface area contributed by atoms with E-state index in [1.807, 2.05) is 36.0 Å². The fourth-order valence-electron chi connectivity index (χ4n) is 5.74. The molecule has 2 aliphatic rings. The van der Waals surface area contributed by atoms with Gasteiger partial charge in [0, 0.05) is 31.9 Å². The third kappa shape index (κ3) is 6.89. The Bertz CT molecular complexity index is 1380. The maximum atomic E-state index is 13.2. The van der Waals surface area contributed by atoms with Crippen molar-refractivity contribution in [2.24, 2.45) is 5.92 Å². The van der Waals surface area contributed by atoms with E-state index in [9.17, 15) is 27.9 Å². The standard InChI is InChI=1S/C30H34F3N5O3/c1-19-15-23(38-18-21-5-2-3-7-25(21)36-38)9-10-24(19)26(12-13-30(31,32)33)35-27-11-8-20(16-34-27)28(39)37-14-4-6-22(17-37)29(40)41/h8-11,15-16,18,22,26H,2-7,12-14,17H2,1H3,(H,34,35)(H,40,41)/t22-,26?/m1/s1. The number of fused-ring (bicyclic) bond motifs is 1. The second kappa shape index (κ2) is 11.9. The number of carboxylic acid groups (broad SMARTS) is 1. The number of piperidine rings is 1. The lowest BCUT2D eigenvalue weighted by Gasteiger charge is -2.30. The van der Waals surface area contributed by atoms with Gasteiger partial charge in [0.25, 0.3) is 5.91 Å². The first-order chi connectivity index (χ1) is 19.6. The summed E-state index contributed by atoms with van der Waals surface area (Å²) in [6, 6.07) is 8.13. The van der Waals surface area contributed by atoms with Crippen LogP contribution in [0.4, 0.5) is 19.0 Å². The van der Waals surface area contributed by atoms with Crippen molar-refractivity contribution in [3.8, 4) is 5.69 Å². The van der Waals surface area contributed by atoms with Crippen LogP contribution >= 0.6 is 0 Å². The lowest BCUT2D eigenvalue weighted by molar-refractivity contribution is -0.143. The predicted octanol–water partition coefficient (Wildman–Crippen LogP) is 5.89. The summed E-state index contributed by atoms with van der Waals surface area (Å²) in [6.07, 6.45) is 3.34. The number of hydrogen-bond acceptors (Lipinski definition) is 5. The van der Waals surface area contributed by atoms with E-state index in [4.69, 9.17) is 5.10 Å². The van der Waals surface area contributed by atoms with Gasteiger partial charge in [0.15, 0.2) is 0 Å². The Balaban J connectivity index is 1.33. The second-order valence-corrected chi connectivity index (χ2v) is 11.0. The first-order valence-electron chi connectivity index (χ1n) is 14.1. The summed E-state index contributed by atoms with van der Waals surface area (Å²) in [5.74, 6) is -1.48. The van der Waals surface area contributed by atoms with Gasteiger partial charge in [-0.15, -0.1) is 0 Å². The van der Waals surface area contributed by atoms with Crippen LogP contribution in [-0.2, 0) is 17.6 Å². The highest BCUT2D eigenvalue weighted by molar-refractivity contribution is 5.94. The summed E-state index contributed by atoms with van der Waals surface area (Å²) >= 11 is 0. The molecule has 5 rings (SSSR count). The smallest absolute Gasteiger partial charge is 0.389 e. The summed E-state index contributed by atoms with van der Waals surface area (Å²) in [4.78, 5) is 30.1. The van der Waals surface area contributed by atoms with Crippen LogP contribution in [0.3, 0.4) is 0 Å². The molecule has 11 heteroatoms. The first-order valence-corrected chi connectivity index (χ1v) is 14.1. The number of aliphatic carboxylic acids is 1. The summed E-state index contributed by atoms with van der Waals surface area (Å²) < 4.78 is 41.5. The molecule has 1 aromatic carbocycles. The van der Waals surface area contributed by atoms with Crippen molar-refractivity contribution >= 4 is 17.7 Å². The average molecular weight is 570 g/mol. The van der Waals surface area contributed by atoms with E-state index < -0.39 is 30.5 Å². The number of benzene rings is 1. The van der Waals surface area contributed by atoms with Crippen molar-refractivity contribution < 1.29 is 27.9 Å². The van der Waals surface area contributed by atoms with Crippen LogP contribution in [0, 0.1) is 12.8 Å². The van der Waals surface area contributed by atoms with Gasteiger partial charge in [-0.2, -0.15) is 18.3 Å². The molecule has 3 aromatic rings. The number of carbonyl (C=O) groups is 2. The molecule has 1 aliphatic carbocycles. The van der Waals surface area contributed by atoms with E-state index >= 15 is 0 Å². The molecule has 0 radical (unpaired) electrons. The Labute approximate surface area is 236 Å². The number of hydrogen-bond donors (Lipinski definition) is 2. The topological polar surface area (TPSA) is 100 Å². The van der Waals surface area contributed by atoms with Gasteiger partial charge in [0.05, 0.1) is 28.9 Å². The number of aromatic nitrogens is 3. The normalized spacial score (nSPS) is 18.0. The Morgan fingerprint density at radius 3 is 2.63 bits per heavy atom. The molecule has 1 amide bonds. The van der Waals surface area contributed by atoms with Crippen molar-refractivity contribution in [2.45, 2.75) is 70.5 Å². The van der Waals surface area contributed by atoms with Crippen LogP contribution in [0.5, 0.6) is 0 Å². The zero-order valence-electron chi connectivity index (χ0n) is 23.0. The molecule has 0 bridgehead atoms. The van der Waals surface area contributed by atoms with E-state index in [2.05, 4.69) is 10.3 Å². The van der Waals surface area contributed by atoms with E-state index in [1.54, 1.807) is 12.1 Å². The highest BCUT2D eigenvalue weighted by Gasteiger charge is 2.30. The second-order valence-electron chi connectivity index (χ2n) is 11.0. The first kappa shape index (κ1) is 28.6. The van der Waals surface area contributed by atoms with Gasteiger partial charge in [-0.1, -0.05) is 6.07 Å². The van der Waals surface area contributed by atoms with Crippen molar-refractivity contribution in [2.75, 3.05) is 18.4 Å². The number of anilines is 1. The third-order valence-electron chi connectivity index (χ3n) is 7.99. The minimum atomic E-state index is -4.31.